The van der Waals surface area contributed by atoms with E-state index in [2.05, 4.69) is 20.9 Å². The molecule has 4 rings (SSSR count). The molecule has 2 fully saturated rings. The first-order valence-electron chi connectivity index (χ1n) is 8.37. The second kappa shape index (κ2) is 6.34. The average molecular weight is 313 g/mol. The molecule has 0 N–H and O–H groups in total. The third-order valence-electron chi connectivity index (χ3n) is 4.84. The van der Waals surface area contributed by atoms with Gasteiger partial charge >= 0.3 is 0 Å². The van der Waals surface area contributed by atoms with E-state index < -0.39 is 0 Å². The lowest BCUT2D eigenvalue weighted by Crippen LogP contribution is -2.59. The Morgan fingerprint density at radius 3 is 3.00 bits per heavy atom. The van der Waals surface area contributed by atoms with Crippen LogP contribution in [0, 0.1) is 0 Å². The Labute approximate surface area is 136 Å². The Morgan fingerprint density at radius 2 is 2.17 bits per heavy atom. The molecule has 2 aromatic heterocycles. The maximum atomic E-state index is 6.27. The molecular weight excluding hydrogens is 290 g/mol. The van der Waals surface area contributed by atoms with E-state index in [1.807, 2.05) is 30.6 Å². The second-order valence-electron chi connectivity index (χ2n) is 6.56. The highest BCUT2D eigenvalue weighted by Gasteiger charge is 2.40. The molecule has 23 heavy (non-hydrogen) atoms. The fourth-order valence-corrected chi connectivity index (χ4v) is 3.79. The zero-order valence-corrected chi connectivity index (χ0v) is 13.4. The van der Waals surface area contributed by atoms with Gasteiger partial charge in [0.15, 0.2) is 0 Å². The molecular formula is C18H23N3O2. The first kappa shape index (κ1) is 14.7. The summed E-state index contributed by atoms with van der Waals surface area (Å²) in [6.07, 6.45) is 7.80. The number of ether oxygens (including phenoxy) is 1. The number of aromatic nitrogens is 1. The number of morpholine rings is 1. The summed E-state index contributed by atoms with van der Waals surface area (Å²) in [5, 5.41) is 0. The predicted octanol–water partition coefficient (Wildman–Crippen LogP) is 2.55. The first-order chi connectivity index (χ1) is 11.3. The Hall–Kier alpha value is -1.85. The van der Waals surface area contributed by atoms with E-state index in [1.165, 1.54) is 5.69 Å². The number of furan rings is 1. The molecule has 0 saturated carbocycles. The molecule has 1 spiro atoms. The van der Waals surface area contributed by atoms with Gasteiger partial charge in [-0.3, -0.25) is 9.88 Å². The largest absolute Gasteiger partial charge is 0.468 e. The van der Waals surface area contributed by atoms with E-state index in [0.29, 0.717) is 0 Å². The highest BCUT2D eigenvalue weighted by Crippen LogP contribution is 2.31. The Kier molecular flexibility index (Phi) is 4.06. The van der Waals surface area contributed by atoms with Gasteiger partial charge in [0.05, 0.1) is 36.9 Å². The zero-order chi connectivity index (χ0) is 15.5. The van der Waals surface area contributed by atoms with Gasteiger partial charge in [0.25, 0.3) is 0 Å². The zero-order valence-electron chi connectivity index (χ0n) is 13.4. The number of pyridine rings is 1. The van der Waals surface area contributed by atoms with Crippen molar-refractivity contribution < 1.29 is 9.15 Å². The summed E-state index contributed by atoms with van der Waals surface area (Å²) >= 11 is 0. The molecule has 0 aromatic carbocycles. The average Bonchev–Trinajstić information content (AvgIpc) is 3.09. The van der Waals surface area contributed by atoms with Gasteiger partial charge in [-0.2, -0.15) is 0 Å². The van der Waals surface area contributed by atoms with Gasteiger partial charge in [0, 0.05) is 32.4 Å². The first-order valence-corrected chi connectivity index (χ1v) is 8.37. The van der Waals surface area contributed by atoms with Gasteiger partial charge in [0.1, 0.15) is 5.76 Å². The standard InChI is InChI=1S/C18H23N3O2/c1-4-16(12-19-7-1)21-8-3-6-18(15-21)14-20(9-11-23-18)13-17-5-2-10-22-17/h1-2,4-5,7,10,12H,3,6,8-9,11,13-15H2/t18-/m0/s1. The van der Waals surface area contributed by atoms with Crippen molar-refractivity contribution in [1.29, 1.82) is 0 Å². The van der Waals surface area contributed by atoms with Crippen LogP contribution >= 0.6 is 0 Å². The molecule has 0 amide bonds. The van der Waals surface area contributed by atoms with E-state index in [9.17, 15) is 0 Å². The van der Waals surface area contributed by atoms with Gasteiger partial charge < -0.3 is 14.1 Å². The number of rotatable bonds is 3. The van der Waals surface area contributed by atoms with Crippen molar-refractivity contribution in [3.05, 3.63) is 48.7 Å². The van der Waals surface area contributed by atoms with Crippen LogP contribution in [0.5, 0.6) is 0 Å². The molecule has 2 aliphatic rings. The van der Waals surface area contributed by atoms with E-state index in [0.717, 1.165) is 57.9 Å². The molecule has 5 heteroatoms. The van der Waals surface area contributed by atoms with E-state index in [-0.39, 0.29) is 5.60 Å². The number of nitrogens with zero attached hydrogens (tertiary/aromatic N) is 3. The highest BCUT2D eigenvalue weighted by molar-refractivity contribution is 5.44. The smallest absolute Gasteiger partial charge is 0.117 e. The van der Waals surface area contributed by atoms with Crippen LogP contribution in [0.1, 0.15) is 18.6 Å². The SMILES string of the molecule is c1cncc(N2CCC[C@]3(CN(Cc4ccco4)CCO3)C2)c1. The molecule has 0 radical (unpaired) electrons. The molecule has 0 aliphatic carbocycles. The van der Waals surface area contributed by atoms with Crippen molar-refractivity contribution in [3.63, 3.8) is 0 Å². The summed E-state index contributed by atoms with van der Waals surface area (Å²) in [7, 11) is 0. The van der Waals surface area contributed by atoms with Gasteiger partial charge in [-0.15, -0.1) is 0 Å². The van der Waals surface area contributed by atoms with Crippen molar-refractivity contribution >= 4 is 5.69 Å². The molecule has 0 unspecified atom stereocenters. The molecule has 0 bridgehead atoms. The third-order valence-corrected chi connectivity index (χ3v) is 4.84. The van der Waals surface area contributed by atoms with Crippen LogP contribution < -0.4 is 4.90 Å². The van der Waals surface area contributed by atoms with E-state index >= 15 is 0 Å². The van der Waals surface area contributed by atoms with Crippen LogP contribution in [0.3, 0.4) is 0 Å². The Morgan fingerprint density at radius 1 is 1.17 bits per heavy atom. The molecule has 2 saturated heterocycles. The molecule has 2 aromatic rings. The van der Waals surface area contributed by atoms with Gasteiger partial charge in [-0.1, -0.05) is 0 Å². The lowest BCUT2D eigenvalue weighted by Gasteiger charge is -2.48. The summed E-state index contributed by atoms with van der Waals surface area (Å²) in [6.45, 7) is 5.61. The molecule has 122 valence electrons. The molecule has 1 atom stereocenters. The lowest BCUT2D eigenvalue weighted by molar-refractivity contribution is -0.117. The van der Waals surface area contributed by atoms with Gasteiger partial charge in [0.2, 0.25) is 0 Å². The normalized spacial score (nSPS) is 25.8. The summed E-state index contributed by atoms with van der Waals surface area (Å²) in [5.74, 6) is 1.03. The monoisotopic (exact) mass is 313 g/mol. The minimum absolute atomic E-state index is 0.0705. The van der Waals surface area contributed by atoms with Crippen molar-refractivity contribution in [1.82, 2.24) is 9.88 Å². The fourth-order valence-electron chi connectivity index (χ4n) is 3.79. The third kappa shape index (κ3) is 3.26. The quantitative estimate of drug-likeness (QED) is 0.871. The van der Waals surface area contributed by atoms with Crippen LogP contribution in [-0.2, 0) is 11.3 Å². The van der Waals surface area contributed by atoms with Crippen LogP contribution in [0.4, 0.5) is 5.69 Å². The minimum atomic E-state index is -0.0705. The number of hydrogen-bond acceptors (Lipinski definition) is 5. The van der Waals surface area contributed by atoms with Crippen molar-refractivity contribution in [2.24, 2.45) is 0 Å². The van der Waals surface area contributed by atoms with Crippen LogP contribution in [0.15, 0.2) is 47.3 Å². The predicted molar refractivity (Wildman–Crippen MR) is 88.4 cm³/mol. The molecule has 4 heterocycles. The summed E-state index contributed by atoms with van der Waals surface area (Å²) in [4.78, 5) is 9.12. The van der Waals surface area contributed by atoms with Crippen molar-refractivity contribution in [2.45, 2.75) is 25.0 Å². The van der Waals surface area contributed by atoms with Crippen molar-refractivity contribution in [2.75, 3.05) is 37.7 Å². The minimum Gasteiger partial charge on any atom is -0.468 e. The van der Waals surface area contributed by atoms with Crippen LogP contribution in [0.2, 0.25) is 0 Å². The summed E-state index contributed by atoms with van der Waals surface area (Å²) in [5.41, 5.74) is 1.12. The second-order valence-corrected chi connectivity index (χ2v) is 6.56. The van der Waals surface area contributed by atoms with Gasteiger partial charge in [-0.05, 0) is 37.1 Å². The summed E-state index contributed by atoms with van der Waals surface area (Å²) in [6, 6.07) is 8.14. The number of hydrogen-bond donors (Lipinski definition) is 0. The molecule has 5 nitrogen and oxygen atoms in total. The van der Waals surface area contributed by atoms with E-state index in [1.54, 1.807) is 6.26 Å². The topological polar surface area (TPSA) is 41.7 Å². The number of anilines is 1. The summed E-state index contributed by atoms with van der Waals surface area (Å²) < 4.78 is 11.8. The van der Waals surface area contributed by atoms with Crippen molar-refractivity contribution in [3.8, 4) is 0 Å². The van der Waals surface area contributed by atoms with E-state index in [4.69, 9.17) is 9.15 Å². The Bertz CT molecular complexity index is 612. The van der Waals surface area contributed by atoms with Crippen LogP contribution in [0.25, 0.3) is 0 Å². The molecule has 2 aliphatic heterocycles. The lowest BCUT2D eigenvalue weighted by atomic mass is 9.90. The van der Waals surface area contributed by atoms with Crippen LogP contribution in [-0.4, -0.2) is 48.3 Å². The maximum Gasteiger partial charge on any atom is 0.117 e. The number of piperidine rings is 1. The Balaban J connectivity index is 1.46. The fraction of sp³-hybridized carbons (Fsp3) is 0.500. The highest BCUT2D eigenvalue weighted by atomic mass is 16.5. The maximum absolute atomic E-state index is 6.27. The van der Waals surface area contributed by atoms with Gasteiger partial charge in [-0.25, -0.2) is 0 Å².